The average Bonchev–Trinajstić information content (AvgIpc) is 2.67. The first-order chi connectivity index (χ1) is 13.1. The highest BCUT2D eigenvalue weighted by molar-refractivity contribution is 5.91. The molecule has 1 amide bonds. The summed E-state index contributed by atoms with van der Waals surface area (Å²) in [4.78, 5) is 12.1. The fourth-order valence-electron chi connectivity index (χ4n) is 2.49. The van der Waals surface area contributed by atoms with E-state index in [2.05, 4.69) is 20.8 Å². The van der Waals surface area contributed by atoms with Gasteiger partial charge in [0.2, 0.25) is 5.91 Å². The number of carbonyl (C=O) groups is 1. The van der Waals surface area contributed by atoms with Gasteiger partial charge in [0.05, 0.1) is 13.0 Å². The van der Waals surface area contributed by atoms with Gasteiger partial charge in [0.15, 0.2) is 11.6 Å². The first-order valence-electron chi connectivity index (χ1n) is 8.81. The molecule has 0 bridgehead atoms. The van der Waals surface area contributed by atoms with Gasteiger partial charge >= 0.3 is 0 Å². The maximum absolute atomic E-state index is 12.1. The van der Waals surface area contributed by atoms with Gasteiger partial charge in [-0.3, -0.25) is 4.79 Å². The van der Waals surface area contributed by atoms with E-state index in [9.17, 15) is 4.79 Å². The van der Waals surface area contributed by atoms with Gasteiger partial charge in [-0.05, 0) is 55.8 Å². The third-order valence-electron chi connectivity index (χ3n) is 3.86. The van der Waals surface area contributed by atoms with E-state index in [4.69, 9.17) is 4.74 Å². The van der Waals surface area contributed by atoms with Crippen molar-refractivity contribution in [2.24, 2.45) is 0 Å². The van der Waals surface area contributed by atoms with E-state index in [-0.39, 0.29) is 5.91 Å². The van der Waals surface area contributed by atoms with Crippen molar-refractivity contribution in [1.82, 2.24) is 10.2 Å². The molecule has 3 rings (SSSR count). The van der Waals surface area contributed by atoms with Crippen molar-refractivity contribution in [3.05, 3.63) is 71.8 Å². The molecule has 0 aliphatic rings. The number of aromatic nitrogens is 2. The summed E-state index contributed by atoms with van der Waals surface area (Å²) in [6, 6.07) is 19.0. The Labute approximate surface area is 158 Å². The quantitative estimate of drug-likeness (QED) is 0.661. The predicted molar refractivity (Wildman–Crippen MR) is 106 cm³/mol. The van der Waals surface area contributed by atoms with Crippen LogP contribution in [0.2, 0.25) is 0 Å². The summed E-state index contributed by atoms with van der Waals surface area (Å²) in [6.45, 7) is 4.60. The number of anilines is 3. The standard InChI is InChI=1S/C21H22N4O2/c1-3-27-18-10-8-17(9-11-18)22-19-12-13-20(25-24-19)23-21(26)14-16-6-4-15(2)5-7-16/h4-13H,3,14H2,1-2H3,(H,22,24)(H,23,25,26). The molecule has 1 aromatic heterocycles. The topological polar surface area (TPSA) is 76.1 Å². The van der Waals surface area contributed by atoms with Crippen LogP contribution in [-0.2, 0) is 11.2 Å². The van der Waals surface area contributed by atoms with Crippen LogP contribution in [0.4, 0.5) is 17.3 Å². The Morgan fingerprint density at radius 2 is 1.59 bits per heavy atom. The molecule has 27 heavy (non-hydrogen) atoms. The number of rotatable bonds is 7. The zero-order chi connectivity index (χ0) is 19.1. The molecule has 2 N–H and O–H groups in total. The zero-order valence-electron chi connectivity index (χ0n) is 15.4. The molecule has 0 saturated heterocycles. The van der Waals surface area contributed by atoms with E-state index < -0.39 is 0 Å². The van der Waals surface area contributed by atoms with Crippen molar-refractivity contribution < 1.29 is 9.53 Å². The van der Waals surface area contributed by atoms with Gasteiger partial charge in [-0.15, -0.1) is 10.2 Å². The number of hydrogen-bond donors (Lipinski definition) is 2. The molecular weight excluding hydrogens is 340 g/mol. The van der Waals surface area contributed by atoms with Crippen molar-refractivity contribution in [2.75, 3.05) is 17.2 Å². The Morgan fingerprint density at radius 3 is 2.22 bits per heavy atom. The molecule has 0 spiro atoms. The molecule has 2 aromatic carbocycles. The van der Waals surface area contributed by atoms with Crippen LogP contribution in [0.1, 0.15) is 18.1 Å². The Hall–Kier alpha value is -3.41. The fraction of sp³-hybridized carbons (Fsp3) is 0.190. The lowest BCUT2D eigenvalue weighted by Gasteiger charge is -2.08. The first kappa shape index (κ1) is 18.4. The van der Waals surface area contributed by atoms with Gasteiger partial charge in [0.25, 0.3) is 0 Å². The molecule has 0 fully saturated rings. The lowest BCUT2D eigenvalue weighted by Crippen LogP contribution is -2.15. The summed E-state index contributed by atoms with van der Waals surface area (Å²) in [5.41, 5.74) is 3.00. The van der Waals surface area contributed by atoms with Crippen LogP contribution < -0.4 is 15.4 Å². The number of amides is 1. The molecule has 0 atom stereocenters. The Balaban J connectivity index is 1.54. The summed E-state index contributed by atoms with van der Waals surface area (Å²) in [5.74, 6) is 1.71. The van der Waals surface area contributed by atoms with E-state index >= 15 is 0 Å². The number of benzene rings is 2. The third kappa shape index (κ3) is 5.54. The van der Waals surface area contributed by atoms with Gasteiger partial charge in [-0.2, -0.15) is 0 Å². The minimum atomic E-state index is -0.125. The number of nitrogens with zero attached hydrogens (tertiary/aromatic N) is 2. The predicted octanol–water partition coefficient (Wildman–Crippen LogP) is 4.11. The van der Waals surface area contributed by atoms with E-state index in [1.807, 2.05) is 62.4 Å². The Morgan fingerprint density at radius 1 is 0.926 bits per heavy atom. The normalized spacial score (nSPS) is 10.3. The van der Waals surface area contributed by atoms with Crippen LogP contribution in [0.3, 0.4) is 0 Å². The Kier molecular flexibility index (Phi) is 5.99. The van der Waals surface area contributed by atoms with E-state index in [0.717, 1.165) is 17.0 Å². The molecular formula is C21H22N4O2. The third-order valence-corrected chi connectivity index (χ3v) is 3.86. The minimum absolute atomic E-state index is 0.125. The van der Waals surface area contributed by atoms with Crippen LogP contribution in [0, 0.1) is 6.92 Å². The number of nitrogens with one attached hydrogen (secondary N) is 2. The number of ether oxygens (including phenoxy) is 1. The first-order valence-corrected chi connectivity index (χ1v) is 8.81. The maximum atomic E-state index is 12.1. The largest absolute Gasteiger partial charge is 0.494 e. The lowest BCUT2D eigenvalue weighted by molar-refractivity contribution is -0.115. The Bertz CT molecular complexity index is 876. The second kappa shape index (κ2) is 8.80. The SMILES string of the molecule is CCOc1ccc(Nc2ccc(NC(=O)Cc3ccc(C)cc3)nn2)cc1. The highest BCUT2D eigenvalue weighted by Crippen LogP contribution is 2.19. The molecule has 0 aliphatic heterocycles. The lowest BCUT2D eigenvalue weighted by atomic mass is 10.1. The molecule has 3 aromatic rings. The number of aryl methyl sites for hydroxylation is 1. The van der Waals surface area contributed by atoms with Crippen LogP contribution in [0.5, 0.6) is 5.75 Å². The van der Waals surface area contributed by atoms with Crippen molar-refractivity contribution in [1.29, 1.82) is 0 Å². The molecule has 0 saturated carbocycles. The van der Waals surface area contributed by atoms with Crippen molar-refractivity contribution in [3.8, 4) is 5.75 Å². The molecule has 6 heteroatoms. The summed E-state index contributed by atoms with van der Waals surface area (Å²) >= 11 is 0. The molecule has 0 unspecified atom stereocenters. The summed E-state index contributed by atoms with van der Waals surface area (Å²) < 4.78 is 5.42. The smallest absolute Gasteiger partial charge is 0.229 e. The summed E-state index contributed by atoms with van der Waals surface area (Å²) in [5, 5.41) is 14.1. The van der Waals surface area contributed by atoms with Gasteiger partial charge in [0.1, 0.15) is 5.75 Å². The minimum Gasteiger partial charge on any atom is -0.494 e. The molecule has 0 radical (unpaired) electrons. The van der Waals surface area contributed by atoms with Gasteiger partial charge < -0.3 is 15.4 Å². The second-order valence-electron chi connectivity index (χ2n) is 6.10. The number of carbonyl (C=O) groups excluding carboxylic acids is 1. The van der Waals surface area contributed by atoms with E-state index in [1.165, 1.54) is 5.56 Å². The van der Waals surface area contributed by atoms with Crippen LogP contribution in [0.15, 0.2) is 60.7 Å². The highest BCUT2D eigenvalue weighted by atomic mass is 16.5. The average molecular weight is 362 g/mol. The van der Waals surface area contributed by atoms with Crippen molar-refractivity contribution in [2.45, 2.75) is 20.3 Å². The summed E-state index contributed by atoms with van der Waals surface area (Å²) in [7, 11) is 0. The second-order valence-corrected chi connectivity index (χ2v) is 6.10. The van der Waals surface area contributed by atoms with Crippen molar-refractivity contribution >= 4 is 23.2 Å². The van der Waals surface area contributed by atoms with Gasteiger partial charge in [-0.25, -0.2) is 0 Å². The molecule has 1 heterocycles. The monoisotopic (exact) mass is 362 g/mol. The molecule has 6 nitrogen and oxygen atoms in total. The number of hydrogen-bond acceptors (Lipinski definition) is 5. The van der Waals surface area contributed by atoms with Crippen LogP contribution >= 0.6 is 0 Å². The van der Waals surface area contributed by atoms with Crippen molar-refractivity contribution in [3.63, 3.8) is 0 Å². The molecule has 138 valence electrons. The van der Waals surface area contributed by atoms with Gasteiger partial charge in [0, 0.05) is 5.69 Å². The molecule has 0 aliphatic carbocycles. The summed E-state index contributed by atoms with van der Waals surface area (Å²) in [6.07, 6.45) is 0.300. The maximum Gasteiger partial charge on any atom is 0.229 e. The highest BCUT2D eigenvalue weighted by Gasteiger charge is 2.06. The van der Waals surface area contributed by atoms with E-state index in [1.54, 1.807) is 12.1 Å². The fourth-order valence-corrected chi connectivity index (χ4v) is 2.49. The van der Waals surface area contributed by atoms with Crippen LogP contribution in [-0.4, -0.2) is 22.7 Å². The zero-order valence-corrected chi connectivity index (χ0v) is 15.4. The van der Waals surface area contributed by atoms with Crippen LogP contribution in [0.25, 0.3) is 0 Å². The van der Waals surface area contributed by atoms with E-state index in [0.29, 0.717) is 24.7 Å². The van der Waals surface area contributed by atoms with Gasteiger partial charge in [-0.1, -0.05) is 29.8 Å².